The normalized spacial score (nSPS) is 13.5. The van der Waals surface area contributed by atoms with Crippen LogP contribution in [0.5, 0.6) is 0 Å². The average molecular weight is 895 g/mol. The van der Waals surface area contributed by atoms with Crippen LogP contribution in [0.4, 0.5) is 34.1 Å². The zero-order valence-corrected chi connectivity index (χ0v) is 40.3. The Morgan fingerprint density at radius 2 is 0.757 bits per heavy atom. The van der Waals surface area contributed by atoms with Crippen molar-refractivity contribution in [3.63, 3.8) is 0 Å². The number of hydrogen-bond donors (Lipinski definition) is 0. The molecule has 9 aromatic carbocycles. The van der Waals surface area contributed by atoms with Gasteiger partial charge in [-0.2, -0.15) is 0 Å². The van der Waals surface area contributed by atoms with Crippen molar-refractivity contribution in [2.45, 2.75) is 41.5 Å². The van der Waals surface area contributed by atoms with E-state index in [-0.39, 0.29) is 13.7 Å². The number of rotatable bonds is 4. The van der Waals surface area contributed by atoms with Crippen LogP contribution in [0, 0.1) is 41.5 Å². The van der Waals surface area contributed by atoms with Crippen LogP contribution in [-0.4, -0.2) is 22.7 Å². The smallest absolute Gasteiger partial charge is 0.332 e. The molecule has 4 aliphatic heterocycles. The number of anilines is 6. The molecule has 0 unspecified atom stereocenters. The zero-order chi connectivity index (χ0) is 46.8. The van der Waals surface area contributed by atoms with Crippen molar-refractivity contribution in [2.24, 2.45) is 0 Å². The standard InChI is InChI=1S/C64H48B2N4/c1-37-31-39(3)55(40(4)32-37)45-23-25-51-53(35-45)69(47-17-9-7-10-18-47)63-59-57(49-21-13-15-43-27-29-67(61(43)49)65(51)59)58-50-22-14-16-44-28-30-68(62(44)50)66-52-26-24-46(56-41(5)33-38(2)34-42(56)6)36-54(52)70(64(63)60(58)66)48-19-11-8-12-20-48/h7-36H,1-6H3. The molecule has 11 aromatic rings. The third-order valence-corrected chi connectivity index (χ3v) is 16.2. The summed E-state index contributed by atoms with van der Waals surface area (Å²) in [6, 6.07) is 65.1. The second kappa shape index (κ2) is 14.2. The molecule has 4 aliphatic rings. The van der Waals surface area contributed by atoms with E-state index in [1.165, 1.54) is 144 Å². The van der Waals surface area contributed by atoms with Gasteiger partial charge in [-0.3, -0.25) is 0 Å². The fraction of sp³-hybridized carbons (Fsp3) is 0.0938. The molecule has 6 heteroatoms. The minimum atomic E-state index is -0.0993. The van der Waals surface area contributed by atoms with Crippen molar-refractivity contribution in [1.29, 1.82) is 0 Å². The first kappa shape index (κ1) is 39.8. The highest BCUT2D eigenvalue weighted by Gasteiger charge is 2.51. The molecule has 0 fully saturated rings. The highest BCUT2D eigenvalue weighted by atomic mass is 15.2. The van der Waals surface area contributed by atoms with Crippen LogP contribution in [0.1, 0.15) is 33.4 Å². The van der Waals surface area contributed by atoms with Crippen molar-refractivity contribution >= 4 is 91.5 Å². The first-order valence-electron chi connectivity index (χ1n) is 24.8. The van der Waals surface area contributed by atoms with Crippen molar-refractivity contribution < 1.29 is 0 Å². The molecule has 0 amide bonds. The Morgan fingerprint density at radius 3 is 1.16 bits per heavy atom. The van der Waals surface area contributed by atoms with Gasteiger partial charge in [0.05, 0.1) is 11.4 Å². The predicted octanol–water partition coefficient (Wildman–Crippen LogP) is 13.6. The van der Waals surface area contributed by atoms with Crippen molar-refractivity contribution in [1.82, 2.24) is 8.96 Å². The lowest BCUT2D eigenvalue weighted by Gasteiger charge is -2.48. The molecule has 0 saturated heterocycles. The summed E-state index contributed by atoms with van der Waals surface area (Å²) in [5, 5.41) is 2.53. The topological polar surface area (TPSA) is 16.3 Å². The Bertz CT molecular complexity index is 3790. The van der Waals surface area contributed by atoms with E-state index >= 15 is 0 Å². The highest BCUT2D eigenvalue weighted by Crippen LogP contribution is 2.55. The highest BCUT2D eigenvalue weighted by molar-refractivity contribution is 6.93. The quantitative estimate of drug-likeness (QED) is 0.164. The van der Waals surface area contributed by atoms with Crippen molar-refractivity contribution in [2.75, 3.05) is 9.80 Å². The number of nitrogens with zero attached hydrogens (tertiary/aromatic N) is 4. The molecule has 2 aromatic heterocycles. The van der Waals surface area contributed by atoms with E-state index in [1.54, 1.807) is 0 Å². The number of benzene rings is 9. The largest absolute Gasteiger partial charge is 0.382 e. The maximum absolute atomic E-state index is 2.65. The van der Waals surface area contributed by atoms with Gasteiger partial charge in [0.15, 0.2) is 0 Å². The number of fused-ring (bicyclic) bond motifs is 10. The van der Waals surface area contributed by atoms with Crippen LogP contribution in [0.15, 0.2) is 182 Å². The summed E-state index contributed by atoms with van der Waals surface area (Å²) in [6.07, 6.45) is 4.72. The molecule has 0 bridgehead atoms. The average Bonchev–Trinajstić information content (AvgIpc) is 4.00. The van der Waals surface area contributed by atoms with Gasteiger partial charge in [0, 0.05) is 44.9 Å². The summed E-state index contributed by atoms with van der Waals surface area (Å²) >= 11 is 0. The third kappa shape index (κ3) is 5.18. The van der Waals surface area contributed by atoms with E-state index in [2.05, 4.69) is 243 Å². The summed E-state index contributed by atoms with van der Waals surface area (Å²) in [7, 11) is 0. The van der Waals surface area contributed by atoms with Crippen LogP contribution in [0.25, 0.3) is 66.3 Å². The monoisotopic (exact) mass is 894 g/mol. The number of hydrogen-bond acceptors (Lipinski definition) is 2. The molecule has 15 rings (SSSR count). The van der Waals surface area contributed by atoms with E-state index in [9.17, 15) is 0 Å². The molecule has 330 valence electrons. The molecule has 6 heterocycles. The summed E-state index contributed by atoms with van der Waals surface area (Å²) < 4.78 is 5.21. The first-order chi connectivity index (χ1) is 34.2. The Balaban J connectivity index is 1.16. The van der Waals surface area contributed by atoms with Gasteiger partial charge in [0.1, 0.15) is 0 Å². The predicted molar refractivity (Wildman–Crippen MR) is 298 cm³/mol. The van der Waals surface area contributed by atoms with Crippen LogP contribution in [0.2, 0.25) is 0 Å². The Labute approximate surface area is 409 Å². The van der Waals surface area contributed by atoms with Crippen molar-refractivity contribution in [3.05, 3.63) is 216 Å². The minimum Gasteiger partial charge on any atom is -0.382 e. The van der Waals surface area contributed by atoms with Gasteiger partial charge >= 0.3 is 13.7 Å². The van der Waals surface area contributed by atoms with Crippen LogP contribution >= 0.6 is 0 Å². The van der Waals surface area contributed by atoms with Gasteiger partial charge in [-0.15, -0.1) is 0 Å². The lowest BCUT2D eigenvalue weighted by molar-refractivity contribution is 1.19. The van der Waals surface area contributed by atoms with Gasteiger partial charge in [0.25, 0.3) is 0 Å². The molecular weight excluding hydrogens is 846 g/mol. The number of aromatic nitrogens is 2. The molecule has 4 nitrogen and oxygen atoms in total. The van der Waals surface area contributed by atoms with E-state index in [4.69, 9.17) is 0 Å². The van der Waals surface area contributed by atoms with Gasteiger partial charge < -0.3 is 18.8 Å². The zero-order valence-electron chi connectivity index (χ0n) is 40.3. The van der Waals surface area contributed by atoms with Gasteiger partial charge in [-0.25, -0.2) is 0 Å². The molecule has 0 N–H and O–H groups in total. The Hall–Kier alpha value is -8.21. The summed E-state index contributed by atoms with van der Waals surface area (Å²) in [6.45, 7) is 13.3. The molecule has 0 spiro atoms. The molecule has 70 heavy (non-hydrogen) atoms. The van der Waals surface area contributed by atoms with Crippen LogP contribution in [0.3, 0.4) is 0 Å². The Kier molecular flexibility index (Phi) is 8.05. The molecule has 0 saturated carbocycles. The van der Waals surface area contributed by atoms with Crippen LogP contribution in [-0.2, 0) is 0 Å². The minimum absolute atomic E-state index is 0.0993. The third-order valence-electron chi connectivity index (χ3n) is 16.2. The van der Waals surface area contributed by atoms with Gasteiger partial charge in [-0.1, -0.05) is 132 Å². The molecule has 0 aliphatic carbocycles. The summed E-state index contributed by atoms with van der Waals surface area (Å²) in [4.78, 5) is 5.30. The molecule has 0 atom stereocenters. The lowest BCUT2D eigenvalue weighted by Crippen LogP contribution is -2.61. The molecule has 0 radical (unpaired) electrons. The summed E-state index contributed by atoms with van der Waals surface area (Å²) in [5.74, 6) is 0. The van der Waals surface area contributed by atoms with Crippen LogP contribution < -0.4 is 31.7 Å². The lowest BCUT2D eigenvalue weighted by atomic mass is 9.40. The second-order valence-corrected chi connectivity index (χ2v) is 20.4. The maximum Gasteiger partial charge on any atom is 0.332 e. The Morgan fingerprint density at radius 1 is 0.357 bits per heavy atom. The molecular formula is C64H48B2N4. The van der Waals surface area contributed by atoms with Crippen molar-refractivity contribution in [3.8, 4) is 44.5 Å². The van der Waals surface area contributed by atoms with Gasteiger partial charge in [0.2, 0.25) is 0 Å². The van der Waals surface area contributed by atoms with E-state index in [0.29, 0.717) is 0 Å². The van der Waals surface area contributed by atoms with E-state index in [0.717, 1.165) is 11.4 Å². The number of para-hydroxylation sites is 4. The SMILES string of the molecule is Cc1cc(C)c(-c2ccc3c(c2)N(c2ccccc2)c2c4c(c5c6c2N(c2ccccc2)c2cc(-c7c(C)cc(C)cc7C)ccc2B6n2ccc6cccc-5c62)-c2cccc5ccn(c25)B34)c(C)c1. The maximum atomic E-state index is 2.65. The number of aryl methyl sites for hydroxylation is 6. The van der Waals surface area contributed by atoms with E-state index in [1.807, 2.05) is 0 Å². The first-order valence-corrected chi connectivity index (χ1v) is 24.8. The summed E-state index contributed by atoms with van der Waals surface area (Å²) in [5.41, 5.74) is 33.2. The fourth-order valence-electron chi connectivity index (χ4n) is 13.9. The fourth-order valence-corrected chi connectivity index (χ4v) is 13.9. The second-order valence-electron chi connectivity index (χ2n) is 20.4. The van der Waals surface area contributed by atoms with E-state index < -0.39 is 0 Å². The van der Waals surface area contributed by atoms with Gasteiger partial charge in [-0.05, 0) is 191 Å².